The molecule has 0 saturated carbocycles. The first kappa shape index (κ1) is 20.2. The molecule has 3 N–H and O–H groups in total. The van der Waals surface area contributed by atoms with Gasteiger partial charge in [-0.1, -0.05) is 11.8 Å². The Hall–Kier alpha value is -2.73. The van der Waals surface area contributed by atoms with Gasteiger partial charge in [-0.15, -0.1) is 0 Å². The summed E-state index contributed by atoms with van der Waals surface area (Å²) in [5.41, 5.74) is 1.36. The molecule has 3 aromatic rings. The summed E-state index contributed by atoms with van der Waals surface area (Å²) in [4.78, 5) is 25.6. The summed E-state index contributed by atoms with van der Waals surface area (Å²) in [6.07, 6.45) is 2.45. The highest BCUT2D eigenvalue weighted by molar-refractivity contribution is 9.10. The van der Waals surface area contributed by atoms with Crippen molar-refractivity contribution in [1.82, 2.24) is 24.4 Å². The lowest BCUT2D eigenvalue weighted by atomic mass is 10.1. The molecule has 0 spiro atoms. The van der Waals surface area contributed by atoms with Crippen molar-refractivity contribution in [2.45, 2.75) is 29.4 Å². The van der Waals surface area contributed by atoms with Gasteiger partial charge < -0.3 is 29.0 Å². The molecule has 0 bridgehead atoms. The van der Waals surface area contributed by atoms with Crippen LogP contribution in [0.1, 0.15) is 12.8 Å². The number of aromatic nitrogens is 4. The lowest BCUT2D eigenvalue weighted by Gasteiger charge is -2.13. The van der Waals surface area contributed by atoms with Crippen LogP contribution in [0.25, 0.3) is 11.2 Å². The molecule has 10 nitrogen and oxygen atoms in total. The van der Waals surface area contributed by atoms with Crippen molar-refractivity contribution in [3.63, 3.8) is 0 Å². The van der Waals surface area contributed by atoms with E-state index in [0.29, 0.717) is 53.4 Å². The van der Waals surface area contributed by atoms with Gasteiger partial charge >= 0.3 is 6.09 Å². The number of likely N-dealkylation sites (tertiary alicyclic amines) is 1. The SMILES string of the molecule is N=c1ncn(CC[C@@H]2CCN(C(=O)O)C2)c2nc(Sc3cc4c(cc3Br)OCO4)[nH]c12. The maximum Gasteiger partial charge on any atom is 0.407 e. The molecule has 162 valence electrons. The number of aryl methyl sites for hydroxylation is 1. The first-order chi connectivity index (χ1) is 15.0. The second-order valence-corrected chi connectivity index (χ2v) is 9.32. The fourth-order valence-corrected chi connectivity index (χ4v) is 5.20. The van der Waals surface area contributed by atoms with E-state index in [0.717, 1.165) is 22.2 Å². The molecule has 1 aromatic carbocycles. The van der Waals surface area contributed by atoms with Gasteiger partial charge in [0.1, 0.15) is 5.52 Å². The zero-order valence-corrected chi connectivity index (χ0v) is 18.7. The average molecular weight is 507 g/mol. The first-order valence-corrected chi connectivity index (χ1v) is 11.3. The summed E-state index contributed by atoms with van der Waals surface area (Å²) >= 11 is 4.98. The Balaban J connectivity index is 1.37. The van der Waals surface area contributed by atoms with Crippen LogP contribution in [-0.4, -0.2) is 55.5 Å². The van der Waals surface area contributed by atoms with Crippen molar-refractivity contribution in [3.05, 3.63) is 28.4 Å². The fourth-order valence-electron chi connectivity index (χ4n) is 3.82. The van der Waals surface area contributed by atoms with Crippen LogP contribution in [0, 0.1) is 11.3 Å². The highest BCUT2D eigenvalue weighted by Gasteiger charge is 2.26. The molecule has 1 saturated heterocycles. The van der Waals surface area contributed by atoms with E-state index >= 15 is 0 Å². The van der Waals surface area contributed by atoms with Crippen LogP contribution in [0.3, 0.4) is 0 Å². The van der Waals surface area contributed by atoms with Crippen molar-refractivity contribution < 1.29 is 19.4 Å². The van der Waals surface area contributed by atoms with E-state index in [2.05, 4.69) is 25.9 Å². The van der Waals surface area contributed by atoms with Crippen molar-refractivity contribution in [2.75, 3.05) is 19.9 Å². The minimum atomic E-state index is -0.860. The van der Waals surface area contributed by atoms with Crippen LogP contribution in [0.5, 0.6) is 11.5 Å². The molecule has 1 amide bonds. The van der Waals surface area contributed by atoms with Crippen LogP contribution in [0.2, 0.25) is 0 Å². The number of hydrogen-bond donors (Lipinski definition) is 3. The molecule has 4 heterocycles. The molecule has 2 aliphatic heterocycles. The fraction of sp³-hybridized carbons (Fsp3) is 0.368. The van der Waals surface area contributed by atoms with Crippen molar-refractivity contribution in [2.24, 2.45) is 5.92 Å². The number of rotatable bonds is 5. The maximum absolute atomic E-state index is 11.1. The van der Waals surface area contributed by atoms with Crippen molar-refractivity contribution in [1.29, 1.82) is 5.41 Å². The van der Waals surface area contributed by atoms with Gasteiger partial charge in [-0.2, -0.15) is 0 Å². The molecule has 0 unspecified atom stereocenters. The Labute approximate surface area is 189 Å². The number of benzene rings is 1. The second kappa shape index (κ2) is 8.08. The number of carbonyl (C=O) groups is 1. The number of hydrogen-bond acceptors (Lipinski definition) is 7. The number of amides is 1. The summed E-state index contributed by atoms with van der Waals surface area (Å²) in [6.45, 7) is 2.00. The normalized spacial score (nSPS) is 17.6. The maximum atomic E-state index is 11.1. The van der Waals surface area contributed by atoms with E-state index in [9.17, 15) is 4.79 Å². The Bertz CT molecular complexity index is 1230. The third-order valence-electron chi connectivity index (χ3n) is 5.47. The Morgan fingerprint density at radius 1 is 1.39 bits per heavy atom. The number of halogens is 1. The predicted octanol–water partition coefficient (Wildman–Crippen LogP) is 3.27. The molecular formula is C19H19BrN6O4S. The smallest absolute Gasteiger partial charge is 0.407 e. The van der Waals surface area contributed by atoms with E-state index in [1.54, 1.807) is 6.33 Å². The van der Waals surface area contributed by atoms with Gasteiger partial charge in [0.05, 0.1) is 6.33 Å². The summed E-state index contributed by atoms with van der Waals surface area (Å²) in [6, 6.07) is 3.76. The van der Waals surface area contributed by atoms with Gasteiger partial charge in [0, 0.05) is 29.0 Å². The minimum absolute atomic E-state index is 0.133. The average Bonchev–Trinajstić information content (AvgIpc) is 3.47. The number of nitrogens with one attached hydrogen (secondary N) is 2. The molecule has 2 aromatic heterocycles. The number of H-pyrrole nitrogens is 1. The van der Waals surface area contributed by atoms with Crippen LogP contribution in [-0.2, 0) is 6.54 Å². The highest BCUT2D eigenvalue weighted by atomic mass is 79.9. The van der Waals surface area contributed by atoms with Crippen molar-refractivity contribution >= 4 is 44.9 Å². The lowest BCUT2D eigenvalue weighted by Crippen LogP contribution is -2.26. The van der Waals surface area contributed by atoms with E-state index in [-0.39, 0.29) is 12.3 Å². The van der Waals surface area contributed by atoms with Crippen molar-refractivity contribution in [3.8, 4) is 11.5 Å². The molecule has 31 heavy (non-hydrogen) atoms. The van der Waals surface area contributed by atoms with E-state index < -0.39 is 6.09 Å². The van der Waals surface area contributed by atoms with Crippen LogP contribution < -0.4 is 15.0 Å². The third-order valence-corrected chi connectivity index (χ3v) is 7.33. The number of aromatic amines is 1. The van der Waals surface area contributed by atoms with E-state index in [4.69, 9.17) is 25.0 Å². The quantitative estimate of drug-likeness (QED) is 0.484. The van der Waals surface area contributed by atoms with Gasteiger partial charge in [-0.25, -0.2) is 14.8 Å². The van der Waals surface area contributed by atoms with Crippen LogP contribution in [0.15, 0.2) is 33.0 Å². The monoisotopic (exact) mass is 506 g/mol. The van der Waals surface area contributed by atoms with Gasteiger partial charge in [-0.3, -0.25) is 5.41 Å². The molecule has 1 atom stereocenters. The molecule has 0 aliphatic carbocycles. The third kappa shape index (κ3) is 3.97. The number of fused-ring (bicyclic) bond motifs is 2. The molecular weight excluding hydrogens is 488 g/mol. The summed E-state index contributed by atoms with van der Waals surface area (Å²) in [5, 5.41) is 17.9. The first-order valence-electron chi connectivity index (χ1n) is 9.72. The summed E-state index contributed by atoms with van der Waals surface area (Å²) in [7, 11) is 0. The topological polar surface area (TPSA) is 129 Å². The molecule has 2 aliphatic rings. The van der Waals surface area contributed by atoms with Crippen LogP contribution >= 0.6 is 27.7 Å². The number of ether oxygens (including phenoxy) is 2. The Morgan fingerprint density at radius 2 is 2.19 bits per heavy atom. The predicted molar refractivity (Wildman–Crippen MR) is 114 cm³/mol. The largest absolute Gasteiger partial charge is 0.465 e. The zero-order valence-electron chi connectivity index (χ0n) is 16.3. The standard InChI is InChI=1S/C19H19BrN6O4S/c20-11-5-12-13(30-9-29-12)6-14(11)31-18-23-15-16(21)22-8-26(17(15)24-18)4-2-10-1-3-25(7-10)19(27)28/h5-6,8,10,21H,1-4,7,9H2,(H,23,24)(H,27,28)/t10-/m0/s1. The summed E-state index contributed by atoms with van der Waals surface area (Å²) < 4.78 is 13.6. The zero-order chi connectivity index (χ0) is 21.5. The second-order valence-electron chi connectivity index (χ2n) is 7.44. The van der Waals surface area contributed by atoms with Crippen LogP contribution in [0.4, 0.5) is 4.79 Å². The number of carboxylic acid groups (broad SMARTS) is 1. The summed E-state index contributed by atoms with van der Waals surface area (Å²) in [5.74, 6) is 1.70. The molecule has 0 radical (unpaired) electrons. The molecule has 12 heteroatoms. The minimum Gasteiger partial charge on any atom is -0.465 e. The Kier molecular flexibility index (Phi) is 5.26. The number of nitrogens with zero attached hydrogens (tertiary/aromatic N) is 4. The highest BCUT2D eigenvalue weighted by Crippen LogP contribution is 2.42. The lowest BCUT2D eigenvalue weighted by molar-refractivity contribution is 0.153. The van der Waals surface area contributed by atoms with E-state index in [1.165, 1.54) is 16.7 Å². The van der Waals surface area contributed by atoms with Gasteiger partial charge in [0.2, 0.25) is 6.79 Å². The number of imidazole rings is 1. The Morgan fingerprint density at radius 3 is 2.97 bits per heavy atom. The molecule has 5 rings (SSSR count). The van der Waals surface area contributed by atoms with Gasteiger partial charge in [0.15, 0.2) is 27.8 Å². The van der Waals surface area contributed by atoms with E-state index in [1.807, 2.05) is 16.7 Å². The van der Waals surface area contributed by atoms with Gasteiger partial charge in [0.25, 0.3) is 0 Å². The molecule has 1 fully saturated rings. The van der Waals surface area contributed by atoms with Gasteiger partial charge in [-0.05, 0) is 46.8 Å².